The second-order valence-corrected chi connectivity index (χ2v) is 4.53. The number of piperidine rings is 1. The molecule has 0 aromatic heterocycles. The number of likely N-dealkylation sites (tertiary alicyclic amines) is 1. The molecule has 1 fully saturated rings. The summed E-state index contributed by atoms with van der Waals surface area (Å²) in [5.41, 5.74) is 0. The molecule has 16 heavy (non-hydrogen) atoms. The molecule has 4 nitrogen and oxygen atoms in total. The van der Waals surface area contributed by atoms with E-state index >= 15 is 0 Å². The van der Waals surface area contributed by atoms with Gasteiger partial charge in [-0.2, -0.15) is 0 Å². The van der Waals surface area contributed by atoms with Crippen LogP contribution in [0.25, 0.3) is 0 Å². The quantitative estimate of drug-likeness (QED) is 0.692. The van der Waals surface area contributed by atoms with Gasteiger partial charge in [-0.25, -0.2) is 0 Å². The molecule has 0 aliphatic carbocycles. The molecule has 2 unspecified atom stereocenters. The van der Waals surface area contributed by atoms with Crippen LogP contribution in [0.4, 0.5) is 0 Å². The van der Waals surface area contributed by atoms with Gasteiger partial charge in [-0.05, 0) is 32.9 Å². The van der Waals surface area contributed by atoms with Crippen LogP contribution in [0.15, 0.2) is 0 Å². The minimum atomic E-state index is -0.156. The molecule has 1 N–H and O–H groups in total. The third-order valence-corrected chi connectivity index (χ3v) is 3.32. The molecule has 0 radical (unpaired) electrons. The van der Waals surface area contributed by atoms with Gasteiger partial charge in [-0.1, -0.05) is 6.92 Å². The van der Waals surface area contributed by atoms with Crippen molar-refractivity contribution in [1.82, 2.24) is 10.2 Å². The Kier molecular flexibility index (Phi) is 6.28. The van der Waals surface area contributed by atoms with E-state index in [0.29, 0.717) is 6.04 Å². The van der Waals surface area contributed by atoms with E-state index in [0.717, 1.165) is 13.1 Å². The zero-order chi connectivity index (χ0) is 12.0. The first kappa shape index (κ1) is 13.9. The van der Waals surface area contributed by atoms with Crippen molar-refractivity contribution in [2.75, 3.05) is 33.9 Å². The lowest BCUT2D eigenvalue weighted by Gasteiger charge is -2.35. The van der Waals surface area contributed by atoms with E-state index < -0.39 is 0 Å². The average Bonchev–Trinajstić information content (AvgIpc) is 2.31. The molecular weight excluding hydrogens is 204 g/mol. The molecule has 1 saturated heterocycles. The molecule has 2 atom stereocenters. The van der Waals surface area contributed by atoms with Gasteiger partial charge in [0.1, 0.15) is 0 Å². The fourth-order valence-corrected chi connectivity index (χ4v) is 2.43. The summed E-state index contributed by atoms with van der Waals surface area (Å²) >= 11 is 0. The van der Waals surface area contributed by atoms with Crippen LogP contribution in [0.2, 0.25) is 0 Å². The van der Waals surface area contributed by atoms with Crippen LogP contribution >= 0.6 is 0 Å². The molecule has 1 rings (SSSR count). The standard InChI is InChI=1S/C12H26N2O2/c1-5-14-8-6-7-11(9-14)13-10(2)12(15-3)16-4/h10-13H,5-9H2,1-4H3. The van der Waals surface area contributed by atoms with Crippen molar-refractivity contribution < 1.29 is 9.47 Å². The fraction of sp³-hybridized carbons (Fsp3) is 1.00. The molecule has 0 aromatic rings. The van der Waals surface area contributed by atoms with Crippen LogP contribution in [0.1, 0.15) is 26.7 Å². The average molecular weight is 230 g/mol. The van der Waals surface area contributed by atoms with E-state index in [9.17, 15) is 0 Å². The number of methoxy groups -OCH3 is 2. The maximum atomic E-state index is 5.26. The van der Waals surface area contributed by atoms with Gasteiger partial charge in [0, 0.05) is 26.8 Å². The number of nitrogens with one attached hydrogen (secondary N) is 1. The van der Waals surface area contributed by atoms with Crippen molar-refractivity contribution in [2.45, 2.75) is 45.1 Å². The van der Waals surface area contributed by atoms with E-state index in [2.05, 4.69) is 24.1 Å². The lowest BCUT2D eigenvalue weighted by Crippen LogP contribution is -2.51. The zero-order valence-corrected chi connectivity index (χ0v) is 11.0. The highest BCUT2D eigenvalue weighted by atomic mass is 16.7. The first-order valence-electron chi connectivity index (χ1n) is 6.25. The van der Waals surface area contributed by atoms with Gasteiger partial charge in [0.2, 0.25) is 0 Å². The second-order valence-electron chi connectivity index (χ2n) is 4.53. The highest BCUT2D eigenvalue weighted by Crippen LogP contribution is 2.11. The Morgan fingerprint density at radius 3 is 2.62 bits per heavy atom. The van der Waals surface area contributed by atoms with Gasteiger partial charge in [0.25, 0.3) is 0 Å². The fourth-order valence-electron chi connectivity index (χ4n) is 2.43. The van der Waals surface area contributed by atoms with Gasteiger partial charge in [-0.3, -0.25) is 0 Å². The minimum absolute atomic E-state index is 0.156. The summed E-state index contributed by atoms with van der Waals surface area (Å²) in [5, 5.41) is 3.59. The predicted octanol–water partition coefficient (Wildman–Crippen LogP) is 1.07. The van der Waals surface area contributed by atoms with Gasteiger partial charge in [0.15, 0.2) is 6.29 Å². The zero-order valence-electron chi connectivity index (χ0n) is 11.0. The second kappa shape index (κ2) is 7.22. The molecular formula is C12H26N2O2. The lowest BCUT2D eigenvalue weighted by atomic mass is 10.0. The topological polar surface area (TPSA) is 33.7 Å². The van der Waals surface area contributed by atoms with Gasteiger partial charge >= 0.3 is 0 Å². The Bertz CT molecular complexity index is 186. The van der Waals surface area contributed by atoms with E-state index in [1.807, 2.05) is 0 Å². The van der Waals surface area contributed by atoms with Crippen LogP contribution in [-0.4, -0.2) is 57.1 Å². The number of hydrogen-bond donors (Lipinski definition) is 1. The Hall–Kier alpha value is -0.160. The maximum Gasteiger partial charge on any atom is 0.171 e. The number of nitrogens with zero attached hydrogens (tertiary/aromatic N) is 1. The normalized spacial score (nSPS) is 24.9. The van der Waals surface area contributed by atoms with E-state index in [1.165, 1.54) is 19.4 Å². The van der Waals surface area contributed by atoms with E-state index in [-0.39, 0.29) is 12.3 Å². The van der Waals surface area contributed by atoms with Crippen molar-refractivity contribution in [3.05, 3.63) is 0 Å². The van der Waals surface area contributed by atoms with Crippen molar-refractivity contribution in [3.63, 3.8) is 0 Å². The molecule has 0 bridgehead atoms. The monoisotopic (exact) mass is 230 g/mol. The van der Waals surface area contributed by atoms with Gasteiger partial charge < -0.3 is 19.7 Å². The molecule has 0 amide bonds. The SMILES string of the molecule is CCN1CCCC(NC(C)C(OC)OC)C1. The number of likely N-dealkylation sites (N-methyl/N-ethyl adjacent to an activating group) is 1. The number of hydrogen-bond acceptors (Lipinski definition) is 4. The largest absolute Gasteiger partial charge is 0.354 e. The highest BCUT2D eigenvalue weighted by molar-refractivity contribution is 4.80. The van der Waals surface area contributed by atoms with Crippen molar-refractivity contribution >= 4 is 0 Å². The molecule has 0 saturated carbocycles. The Morgan fingerprint density at radius 2 is 2.06 bits per heavy atom. The molecule has 0 spiro atoms. The number of ether oxygens (including phenoxy) is 2. The third kappa shape index (κ3) is 4.01. The van der Waals surface area contributed by atoms with Crippen molar-refractivity contribution in [3.8, 4) is 0 Å². The Balaban J connectivity index is 2.34. The summed E-state index contributed by atoms with van der Waals surface area (Å²) in [6.07, 6.45) is 2.38. The number of rotatable bonds is 6. The van der Waals surface area contributed by atoms with Crippen LogP contribution < -0.4 is 5.32 Å². The summed E-state index contributed by atoms with van der Waals surface area (Å²) < 4.78 is 10.5. The first-order chi connectivity index (χ1) is 7.71. The summed E-state index contributed by atoms with van der Waals surface area (Å²) in [6.45, 7) is 7.86. The first-order valence-corrected chi connectivity index (χ1v) is 6.25. The Labute approximate surface area is 99.3 Å². The summed E-state index contributed by atoms with van der Waals surface area (Å²) in [7, 11) is 3.37. The molecule has 4 heteroatoms. The van der Waals surface area contributed by atoms with Crippen LogP contribution in [0, 0.1) is 0 Å². The lowest BCUT2D eigenvalue weighted by molar-refractivity contribution is -0.121. The van der Waals surface area contributed by atoms with Gasteiger partial charge in [-0.15, -0.1) is 0 Å². The molecule has 96 valence electrons. The van der Waals surface area contributed by atoms with Crippen LogP contribution in [0.5, 0.6) is 0 Å². The molecule has 1 aliphatic heterocycles. The third-order valence-electron chi connectivity index (χ3n) is 3.32. The van der Waals surface area contributed by atoms with Crippen LogP contribution in [0.3, 0.4) is 0 Å². The maximum absolute atomic E-state index is 5.26. The molecule has 0 aromatic carbocycles. The molecule has 1 heterocycles. The van der Waals surface area contributed by atoms with Crippen molar-refractivity contribution in [2.24, 2.45) is 0 Å². The summed E-state index contributed by atoms with van der Waals surface area (Å²) in [5.74, 6) is 0. The van der Waals surface area contributed by atoms with E-state index in [1.54, 1.807) is 14.2 Å². The smallest absolute Gasteiger partial charge is 0.171 e. The van der Waals surface area contributed by atoms with Crippen LogP contribution in [-0.2, 0) is 9.47 Å². The summed E-state index contributed by atoms with van der Waals surface area (Å²) in [4.78, 5) is 2.49. The summed E-state index contributed by atoms with van der Waals surface area (Å²) in [6, 6.07) is 0.799. The highest BCUT2D eigenvalue weighted by Gasteiger charge is 2.23. The molecule has 1 aliphatic rings. The predicted molar refractivity (Wildman–Crippen MR) is 65.5 cm³/mol. The van der Waals surface area contributed by atoms with Crippen molar-refractivity contribution in [1.29, 1.82) is 0 Å². The van der Waals surface area contributed by atoms with Gasteiger partial charge in [0.05, 0.1) is 6.04 Å². The minimum Gasteiger partial charge on any atom is -0.354 e. The van der Waals surface area contributed by atoms with E-state index in [4.69, 9.17) is 9.47 Å². The Morgan fingerprint density at radius 1 is 1.38 bits per heavy atom.